The molecule has 218 valence electrons. The van der Waals surface area contributed by atoms with Crippen LogP contribution in [0.4, 0.5) is 5.69 Å². The zero-order valence-electron chi connectivity index (χ0n) is 23.2. The van der Waals surface area contributed by atoms with Crippen LogP contribution in [0, 0.1) is 6.92 Å². The lowest BCUT2D eigenvalue weighted by Crippen LogP contribution is -2.53. The summed E-state index contributed by atoms with van der Waals surface area (Å²) in [5, 5.41) is 3.12. The predicted octanol–water partition coefficient (Wildman–Crippen LogP) is 6.58. The van der Waals surface area contributed by atoms with Gasteiger partial charge in [-0.15, -0.1) is 0 Å². The van der Waals surface area contributed by atoms with E-state index in [-0.39, 0.29) is 23.4 Å². The number of carbonyl (C=O) groups is 2. The quantitative estimate of drug-likeness (QED) is 0.258. The van der Waals surface area contributed by atoms with Gasteiger partial charge < -0.3 is 10.2 Å². The smallest absolute Gasteiger partial charge is 0.264 e. The van der Waals surface area contributed by atoms with Crippen LogP contribution < -0.4 is 9.62 Å². The Balaban J connectivity index is 1.68. The highest BCUT2D eigenvalue weighted by Crippen LogP contribution is 2.27. The number of aryl methyl sites for hydroxylation is 1. The van der Waals surface area contributed by atoms with Crippen molar-refractivity contribution < 1.29 is 18.0 Å². The lowest BCUT2D eigenvalue weighted by atomic mass is 9.95. The van der Waals surface area contributed by atoms with E-state index in [1.807, 2.05) is 31.2 Å². The van der Waals surface area contributed by atoms with Crippen LogP contribution in [0.1, 0.15) is 50.2 Å². The van der Waals surface area contributed by atoms with E-state index in [9.17, 15) is 18.0 Å². The first-order valence-electron chi connectivity index (χ1n) is 13.7. The first-order chi connectivity index (χ1) is 19.5. The Bertz CT molecular complexity index is 1470. The molecule has 41 heavy (non-hydrogen) atoms. The van der Waals surface area contributed by atoms with E-state index < -0.39 is 28.5 Å². The monoisotopic (exact) mass is 703 g/mol. The Morgan fingerprint density at radius 1 is 0.927 bits per heavy atom. The summed E-state index contributed by atoms with van der Waals surface area (Å²) < 4.78 is 30.5. The third-order valence-corrected chi connectivity index (χ3v) is 10.1. The highest BCUT2D eigenvalue weighted by Gasteiger charge is 2.33. The third-order valence-electron chi connectivity index (χ3n) is 7.34. The Morgan fingerprint density at radius 2 is 1.56 bits per heavy atom. The SMILES string of the molecule is Cc1ccc(S(=O)(=O)N(CC(=O)N(Cc2cccc(Br)c2)[C@H](C)C(=O)NC2CCCCC2)c2cccc(Br)c2)cc1. The number of benzene rings is 3. The van der Waals surface area contributed by atoms with Gasteiger partial charge in [-0.1, -0.05) is 87.0 Å². The molecule has 0 bridgehead atoms. The molecule has 10 heteroatoms. The van der Waals surface area contributed by atoms with Gasteiger partial charge in [0.25, 0.3) is 10.0 Å². The Kier molecular flexibility index (Phi) is 10.7. The molecule has 2 amide bonds. The van der Waals surface area contributed by atoms with Crippen molar-refractivity contribution >= 4 is 59.4 Å². The molecule has 0 aromatic heterocycles. The minimum Gasteiger partial charge on any atom is -0.352 e. The number of nitrogens with one attached hydrogen (secondary N) is 1. The summed E-state index contributed by atoms with van der Waals surface area (Å²) in [6.45, 7) is 3.26. The second-order valence-corrected chi connectivity index (χ2v) is 14.2. The van der Waals surface area contributed by atoms with Crippen LogP contribution >= 0.6 is 31.9 Å². The summed E-state index contributed by atoms with van der Waals surface area (Å²) >= 11 is 6.91. The standard InChI is InChI=1S/C31H35Br2N3O4S/c1-22-14-16-29(17-15-22)41(39,40)36(28-13-7-10-26(33)19-28)21-30(37)35(20-24-8-6-9-25(32)18-24)23(2)31(38)34-27-11-4-3-5-12-27/h6-10,13-19,23,27H,3-5,11-12,20-21H2,1-2H3,(H,34,38)/t23-/m1/s1. The molecule has 1 saturated carbocycles. The highest BCUT2D eigenvalue weighted by atomic mass is 79.9. The van der Waals surface area contributed by atoms with E-state index in [2.05, 4.69) is 37.2 Å². The van der Waals surface area contributed by atoms with Crippen molar-refractivity contribution in [3.63, 3.8) is 0 Å². The van der Waals surface area contributed by atoms with Crippen molar-refractivity contribution in [3.8, 4) is 0 Å². The minimum absolute atomic E-state index is 0.0810. The number of hydrogen-bond acceptors (Lipinski definition) is 4. The van der Waals surface area contributed by atoms with E-state index in [0.717, 1.165) is 52.0 Å². The van der Waals surface area contributed by atoms with Crippen molar-refractivity contribution in [1.29, 1.82) is 0 Å². The van der Waals surface area contributed by atoms with Gasteiger partial charge in [0.1, 0.15) is 12.6 Å². The van der Waals surface area contributed by atoms with E-state index in [0.29, 0.717) is 10.2 Å². The van der Waals surface area contributed by atoms with Crippen LogP contribution in [0.15, 0.2) is 86.6 Å². The molecule has 0 spiro atoms. The van der Waals surface area contributed by atoms with E-state index in [1.165, 1.54) is 4.90 Å². The fourth-order valence-electron chi connectivity index (χ4n) is 4.98. The molecule has 1 N–H and O–H groups in total. The molecule has 7 nitrogen and oxygen atoms in total. The number of hydrogen-bond donors (Lipinski definition) is 1. The number of amides is 2. The summed E-state index contributed by atoms with van der Waals surface area (Å²) in [6, 6.07) is 20.2. The molecule has 0 aliphatic heterocycles. The normalized spacial score (nSPS) is 14.7. The summed E-state index contributed by atoms with van der Waals surface area (Å²) in [5.41, 5.74) is 2.09. The number of rotatable bonds is 10. The van der Waals surface area contributed by atoms with Gasteiger partial charge in [-0.05, 0) is 74.7 Å². The van der Waals surface area contributed by atoms with Gasteiger partial charge in [0, 0.05) is 21.5 Å². The van der Waals surface area contributed by atoms with Crippen molar-refractivity contribution in [1.82, 2.24) is 10.2 Å². The van der Waals surface area contributed by atoms with Crippen LogP contribution in [0.3, 0.4) is 0 Å². The molecule has 1 fully saturated rings. The highest BCUT2D eigenvalue weighted by molar-refractivity contribution is 9.10. The van der Waals surface area contributed by atoms with Crippen molar-refractivity contribution in [2.24, 2.45) is 0 Å². The van der Waals surface area contributed by atoms with Gasteiger partial charge in [0.05, 0.1) is 10.6 Å². The van der Waals surface area contributed by atoms with Crippen LogP contribution in [0.2, 0.25) is 0 Å². The fourth-order valence-corrected chi connectivity index (χ4v) is 7.22. The second kappa shape index (κ2) is 14.0. The van der Waals surface area contributed by atoms with Gasteiger partial charge in [0.15, 0.2) is 0 Å². The molecule has 0 unspecified atom stereocenters. The number of anilines is 1. The fraction of sp³-hybridized carbons (Fsp3) is 0.355. The first kappa shape index (κ1) is 31.3. The molecule has 1 aliphatic rings. The molecule has 0 radical (unpaired) electrons. The van der Waals surface area contributed by atoms with Gasteiger partial charge in [-0.3, -0.25) is 13.9 Å². The number of carbonyl (C=O) groups excluding carboxylic acids is 2. The summed E-state index contributed by atoms with van der Waals surface area (Å²) in [4.78, 5) is 29.0. The first-order valence-corrected chi connectivity index (χ1v) is 16.8. The molecular weight excluding hydrogens is 670 g/mol. The molecular formula is C31H35Br2N3O4S. The zero-order chi connectivity index (χ0) is 29.6. The lowest BCUT2D eigenvalue weighted by molar-refractivity contribution is -0.139. The lowest BCUT2D eigenvalue weighted by Gasteiger charge is -2.33. The van der Waals surface area contributed by atoms with Gasteiger partial charge >= 0.3 is 0 Å². The predicted molar refractivity (Wildman–Crippen MR) is 169 cm³/mol. The maximum absolute atomic E-state index is 14.1. The summed E-state index contributed by atoms with van der Waals surface area (Å²) in [5.74, 6) is -0.720. The van der Waals surface area contributed by atoms with Crippen LogP contribution in [-0.2, 0) is 26.2 Å². The average Bonchev–Trinajstić information content (AvgIpc) is 2.95. The zero-order valence-corrected chi connectivity index (χ0v) is 27.2. The van der Waals surface area contributed by atoms with Crippen molar-refractivity contribution in [3.05, 3.63) is 92.9 Å². The third kappa shape index (κ3) is 8.20. The largest absolute Gasteiger partial charge is 0.352 e. The van der Waals surface area contributed by atoms with Gasteiger partial charge in [0.2, 0.25) is 11.8 Å². The van der Waals surface area contributed by atoms with Gasteiger partial charge in [-0.25, -0.2) is 8.42 Å². The van der Waals surface area contributed by atoms with Crippen molar-refractivity contribution in [2.45, 2.75) is 69.5 Å². The number of sulfonamides is 1. The number of halogens is 2. The molecule has 3 aromatic rings. The van der Waals surface area contributed by atoms with Crippen molar-refractivity contribution in [2.75, 3.05) is 10.8 Å². The molecule has 1 atom stereocenters. The average molecular weight is 706 g/mol. The van der Waals surface area contributed by atoms with E-state index >= 15 is 0 Å². The number of nitrogens with zero attached hydrogens (tertiary/aromatic N) is 2. The maximum atomic E-state index is 14.1. The second-order valence-electron chi connectivity index (χ2n) is 10.5. The van der Waals surface area contributed by atoms with Crippen LogP contribution in [-0.4, -0.2) is 43.8 Å². The molecule has 0 saturated heterocycles. The minimum atomic E-state index is -4.11. The maximum Gasteiger partial charge on any atom is 0.264 e. The topological polar surface area (TPSA) is 86.8 Å². The Hall–Kier alpha value is -2.69. The van der Waals surface area contributed by atoms with Crippen LogP contribution in [0.5, 0.6) is 0 Å². The molecule has 1 aliphatic carbocycles. The Morgan fingerprint density at radius 3 is 2.20 bits per heavy atom. The summed E-state index contributed by atoms with van der Waals surface area (Å²) in [7, 11) is -4.11. The van der Waals surface area contributed by atoms with E-state index in [4.69, 9.17) is 0 Å². The van der Waals surface area contributed by atoms with Gasteiger partial charge in [-0.2, -0.15) is 0 Å². The summed E-state index contributed by atoms with van der Waals surface area (Å²) in [6.07, 6.45) is 5.14. The Labute approximate surface area is 259 Å². The van der Waals surface area contributed by atoms with E-state index in [1.54, 1.807) is 55.5 Å². The van der Waals surface area contributed by atoms with Crippen LogP contribution in [0.25, 0.3) is 0 Å². The molecule has 3 aromatic carbocycles. The molecule has 4 rings (SSSR count). The molecule has 0 heterocycles.